The molecule has 2 aromatic rings. The molecule has 0 saturated carbocycles. The molecule has 0 unspecified atom stereocenters. The van der Waals surface area contributed by atoms with E-state index in [1.54, 1.807) is 0 Å². The number of nitrogens with zero attached hydrogens (tertiary/aromatic N) is 1. The van der Waals surface area contributed by atoms with E-state index in [1.165, 1.54) is 11.1 Å². The van der Waals surface area contributed by atoms with Gasteiger partial charge in [-0.05, 0) is 43.0 Å². The summed E-state index contributed by atoms with van der Waals surface area (Å²) in [4.78, 5) is 0. The van der Waals surface area contributed by atoms with Crippen LogP contribution in [0.15, 0.2) is 18.2 Å². The van der Waals surface area contributed by atoms with Crippen LogP contribution >= 0.6 is 0 Å². The number of hydrogen-bond donors (Lipinski definition) is 2. The maximum atomic E-state index is 5.73. The fourth-order valence-electron chi connectivity index (χ4n) is 2.53. The minimum absolute atomic E-state index is 0.452. The summed E-state index contributed by atoms with van der Waals surface area (Å²) in [6.07, 6.45) is 2.17. The second-order valence-corrected chi connectivity index (χ2v) is 4.65. The molecule has 3 N–H and O–H groups in total. The van der Waals surface area contributed by atoms with Gasteiger partial charge in [-0.15, -0.1) is 0 Å². The molecule has 4 nitrogen and oxygen atoms in total. The summed E-state index contributed by atoms with van der Waals surface area (Å²) >= 11 is 0. The average molecular weight is 243 g/mol. The van der Waals surface area contributed by atoms with Crippen molar-refractivity contribution in [3.8, 4) is 16.9 Å². The van der Waals surface area contributed by atoms with Crippen LogP contribution in [-0.4, -0.2) is 16.8 Å². The van der Waals surface area contributed by atoms with Crippen molar-refractivity contribution in [3.05, 3.63) is 35.2 Å². The zero-order chi connectivity index (χ0) is 12.5. The molecule has 94 valence electrons. The molecule has 1 aromatic carbocycles. The van der Waals surface area contributed by atoms with Gasteiger partial charge in [0.25, 0.3) is 0 Å². The van der Waals surface area contributed by atoms with Crippen LogP contribution in [0, 0.1) is 6.92 Å². The summed E-state index contributed by atoms with van der Waals surface area (Å²) in [6.45, 7) is 3.30. The largest absolute Gasteiger partial charge is 0.493 e. The highest BCUT2D eigenvalue weighted by molar-refractivity contribution is 5.70. The Kier molecular flexibility index (Phi) is 2.80. The standard InChI is InChI=1S/C14H17N3O/c1-9-14(12(8-15)17-16-9)11-4-5-13-10(7-11)3-2-6-18-13/h4-5,7H,2-3,6,8,15H2,1H3,(H,16,17). The van der Waals surface area contributed by atoms with E-state index in [0.717, 1.165) is 42.1 Å². The van der Waals surface area contributed by atoms with E-state index in [-0.39, 0.29) is 0 Å². The number of nitrogens with one attached hydrogen (secondary N) is 1. The Labute approximate surface area is 106 Å². The van der Waals surface area contributed by atoms with Crippen LogP contribution in [0.25, 0.3) is 11.1 Å². The second-order valence-electron chi connectivity index (χ2n) is 4.65. The number of benzene rings is 1. The van der Waals surface area contributed by atoms with Crippen LogP contribution in [-0.2, 0) is 13.0 Å². The highest BCUT2D eigenvalue weighted by atomic mass is 16.5. The monoisotopic (exact) mass is 243 g/mol. The fourth-order valence-corrected chi connectivity index (χ4v) is 2.53. The molecule has 0 spiro atoms. The minimum atomic E-state index is 0.452. The first-order chi connectivity index (χ1) is 8.79. The number of H-pyrrole nitrogens is 1. The van der Waals surface area contributed by atoms with Gasteiger partial charge >= 0.3 is 0 Å². The molecule has 18 heavy (non-hydrogen) atoms. The smallest absolute Gasteiger partial charge is 0.122 e. The quantitative estimate of drug-likeness (QED) is 0.849. The van der Waals surface area contributed by atoms with Gasteiger partial charge in [0.05, 0.1) is 12.3 Å². The number of nitrogens with two attached hydrogens (primary N) is 1. The van der Waals surface area contributed by atoms with Crippen molar-refractivity contribution in [3.63, 3.8) is 0 Å². The second kappa shape index (κ2) is 4.46. The van der Waals surface area contributed by atoms with E-state index in [4.69, 9.17) is 10.5 Å². The van der Waals surface area contributed by atoms with Crippen LogP contribution in [0.2, 0.25) is 0 Å². The third-order valence-electron chi connectivity index (χ3n) is 3.41. The maximum absolute atomic E-state index is 5.73. The zero-order valence-electron chi connectivity index (χ0n) is 10.5. The van der Waals surface area contributed by atoms with Crippen molar-refractivity contribution in [2.45, 2.75) is 26.3 Å². The Bertz CT molecular complexity index is 574. The van der Waals surface area contributed by atoms with Gasteiger partial charge in [-0.25, -0.2) is 0 Å². The molecule has 0 saturated heterocycles. The van der Waals surface area contributed by atoms with Gasteiger partial charge < -0.3 is 10.5 Å². The molecule has 1 aliphatic heterocycles. The topological polar surface area (TPSA) is 63.9 Å². The maximum Gasteiger partial charge on any atom is 0.122 e. The molecule has 1 aromatic heterocycles. The lowest BCUT2D eigenvalue weighted by atomic mass is 9.97. The Hall–Kier alpha value is -1.81. The lowest BCUT2D eigenvalue weighted by Crippen LogP contribution is -2.08. The Morgan fingerprint density at radius 1 is 1.44 bits per heavy atom. The lowest BCUT2D eigenvalue weighted by Gasteiger charge is -2.18. The number of aromatic nitrogens is 2. The van der Waals surface area contributed by atoms with Gasteiger partial charge in [0.2, 0.25) is 0 Å². The fraction of sp³-hybridized carbons (Fsp3) is 0.357. The Morgan fingerprint density at radius 2 is 2.33 bits per heavy atom. The summed E-state index contributed by atoms with van der Waals surface area (Å²) in [7, 11) is 0. The lowest BCUT2D eigenvalue weighted by molar-refractivity contribution is 0.288. The zero-order valence-corrected chi connectivity index (χ0v) is 10.5. The predicted octanol–water partition coefficient (Wildman–Crippen LogP) is 2.17. The van der Waals surface area contributed by atoms with Crippen LogP contribution in [0.1, 0.15) is 23.4 Å². The van der Waals surface area contributed by atoms with Crippen molar-refractivity contribution in [2.24, 2.45) is 5.73 Å². The van der Waals surface area contributed by atoms with E-state index >= 15 is 0 Å². The Balaban J connectivity index is 2.09. The molecule has 0 fully saturated rings. The van der Waals surface area contributed by atoms with E-state index in [2.05, 4.69) is 28.4 Å². The van der Waals surface area contributed by atoms with Gasteiger partial charge in [0.15, 0.2) is 0 Å². The van der Waals surface area contributed by atoms with Crippen molar-refractivity contribution < 1.29 is 4.74 Å². The van der Waals surface area contributed by atoms with Gasteiger partial charge in [0.1, 0.15) is 5.75 Å². The number of fused-ring (bicyclic) bond motifs is 1. The van der Waals surface area contributed by atoms with Crippen molar-refractivity contribution >= 4 is 0 Å². The first-order valence-electron chi connectivity index (χ1n) is 6.29. The summed E-state index contributed by atoms with van der Waals surface area (Å²) in [6, 6.07) is 6.34. The number of rotatable bonds is 2. The van der Waals surface area contributed by atoms with Crippen molar-refractivity contribution in [2.75, 3.05) is 6.61 Å². The van der Waals surface area contributed by atoms with Crippen molar-refractivity contribution in [1.29, 1.82) is 0 Å². The van der Waals surface area contributed by atoms with E-state index < -0.39 is 0 Å². The van der Waals surface area contributed by atoms with E-state index in [1.807, 2.05) is 6.92 Å². The van der Waals surface area contributed by atoms with Crippen LogP contribution < -0.4 is 10.5 Å². The first-order valence-corrected chi connectivity index (χ1v) is 6.29. The third kappa shape index (κ3) is 1.78. The first kappa shape index (κ1) is 11.3. The Morgan fingerprint density at radius 3 is 3.17 bits per heavy atom. The molecule has 0 amide bonds. The molecule has 1 aliphatic rings. The van der Waals surface area contributed by atoms with Crippen molar-refractivity contribution in [1.82, 2.24) is 10.2 Å². The molecule has 4 heteroatoms. The molecule has 3 rings (SSSR count). The third-order valence-corrected chi connectivity index (χ3v) is 3.41. The van der Waals surface area contributed by atoms with E-state index in [9.17, 15) is 0 Å². The summed E-state index contributed by atoms with van der Waals surface area (Å²) in [5, 5.41) is 7.25. The summed E-state index contributed by atoms with van der Waals surface area (Å²) < 4.78 is 5.63. The van der Waals surface area contributed by atoms with Gasteiger partial charge in [-0.2, -0.15) is 5.10 Å². The molecule has 0 aliphatic carbocycles. The SMILES string of the molecule is Cc1[nH]nc(CN)c1-c1ccc2c(c1)CCCO2. The number of aryl methyl sites for hydroxylation is 2. The number of hydrogen-bond acceptors (Lipinski definition) is 3. The van der Waals surface area contributed by atoms with Crippen LogP contribution in [0.5, 0.6) is 5.75 Å². The molecule has 0 atom stereocenters. The molecular weight excluding hydrogens is 226 g/mol. The minimum Gasteiger partial charge on any atom is -0.493 e. The highest BCUT2D eigenvalue weighted by Crippen LogP contribution is 2.32. The molecule has 0 radical (unpaired) electrons. The molecule has 0 bridgehead atoms. The van der Waals surface area contributed by atoms with Gasteiger partial charge in [0, 0.05) is 17.8 Å². The summed E-state index contributed by atoms with van der Waals surface area (Å²) in [5.74, 6) is 1.01. The average Bonchev–Trinajstić information content (AvgIpc) is 2.79. The summed E-state index contributed by atoms with van der Waals surface area (Å²) in [5.41, 5.74) is 11.3. The number of ether oxygens (including phenoxy) is 1. The molecular formula is C14H17N3O. The predicted molar refractivity (Wildman–Crippen MR) is 70.5 cm³/mol. The van der Waals surface area contributed by atoms with Gasteiger partial charge in [-0.3, -0.25) is 5.10 Å². The highest BCUT2D eigenvalue weighted by Gasteiger charge is 2.15. The van der Waals surface area contributed by atoms with Gasteiger partial charge in [-0.1, -0.05) is 6.07 Å². The normalized spacial score (nSPS) is 14.1. The van der Waals surface area contributed by atoms with Crippen LogP contribution in [0.4, 0.5) is 0 Å². The van der Waals surface area contributed by atoms with E-state index in [0.29, 0.717) is 6.54 Å². The molecule has 2 heterocycles. The van der Waals surface area contributed by atoms with Crippen LogP contribution in [0.3, 0.4) is 0 Å². The number of aromatic amines is 1.